The molecule has 0 saturated carbocycles. The number of halogens is 2. The Bertz CT molecular complexity index is 1160. The Morgan fingerprint density at radius 3 is 2.74 bits per heavy atom. The van der Waals surface area contributed by atoms with Gasteiger partial charge in [-0.1, -0.05) is 29.8 Å². The van der Waals surface area contributed by atoms with Gasteiger partial charge in [0.2, 0.25) is 0 Å². The van der Waals surface area contributed by atoms with Crippen molar-refractivity contribution in [3.63, 3.8) is 0 Å². The van der Waals surface area contributed by atoms with Crippen LogP contribution in [-0.4, -0.2) is 15.6 Å². The number of carboxylic acid groups (broad SMARTS) is 1. The van der Waals surface area contributed by atoms with Crippen LogP contribution in [0.1, 0.15) is 18.6 Å². The topological polar surface area (TPSA) is 72.4 Å². The minimum absolute atomic E-state index is 0.00592. The standard InChI is InChI=1S/C19H15Cl2NO4S/c1-11-22(8-2-3-18(23)24)19(25)17(27-11)10-13-5-7-16(26-13)12-4-6-14(20)15(21)9-12/h4-7,9-10H,1-3,8H2,(H,23,24)/b17-10-. The highest BCUT2D eigenvalue weighted by Crippen LogP contribution is 2.29. The second kappa shape index (κ2) is 8.17. The molecule has 0 aliphatic rings. The Labute approximate surface area is 168 Å². The van der Waals surface area contributed by atoms with Crippen molar-refractivity contribution in [1.82, 2.24) is 4.57 Å². The molecule has 5 nitrogen and oxygen atoms in total. The summed E-state index contributed by atoms with van der Waals surface area (Å²) < 4.78 is 8.33. The van der Waals surface area contributed by atoms with Gasteiger partial charge in [0, 0.05) is 24.6 Å². The Kier molecular flexibility index (Phi) is 5.89. The number of rotatable bonds is 6. The van der Waals surface area contributed by atoms with Gasteiger partial charge < -0.3 is 9.52 Å². The highest BCUT2D eigenvalue weighted by molar-refractivity contribution is 7.07. The van der Waals surface area contributed by atoms with Gasteiger partial charge in [0.1, 0.15) is 11.5 Å². The Balaban J connectivity index is 1.88. The molecular formula is C19H15Cl2NO4S. The zero-order valence-corrected chi connectivity index (χ0v) is 16.4. The smallest absolute Gasteiger partial charge is 0.303 e. The molecule has 140 valence electrons. The summed E-state index contributed by atoms with van der Waals surface area (Å²) >= 11 is 13.2. The predicted molar refractivity (Wildman–Crippen MR) is 108 cm³/mol. The average Bonchev–Trinajstić information content (AvgIpc) is 3.17. The number of thiazole rings is 1. The molecule has 2 heterocycles. The lowest BCUT2D eigenvalue weighted by molar-refractivity contribution is -0.137. The molecule has 1 N–H and O–H groups in total. The summed E-state index contributed by atoms with van der Waals surface area (Å²) in [6.45, 7) is 4.19. The van der Waals surface area contributed by atoms with Crippen molar-refractivity contribution < 1.29 is 14.3 Å². The van der Waals surface area contributed by atoms with E-state index in [1.54, 1.807) is 36.4 Å². The summed E-state index contributed by atoms with van der Waals surface area (Å²) in [5.74, 6) is 0.237. The van der Waals surface area contributed by atoms with E-state index in [0.29, 0.717) is 43.7 Å². The van der Waals surface area contributed by atoms with Gasteiger partial charge in [0.05, 0.1) is 19.2 Å². The van der Waals surface area contributed by atoms with Gasteiger partial charge in [-0.15, -0.1) is 11.3 Å². The fourth-order valence-corrected chi connectivity index (χ4v) is 3.75. The van der Waals surface area contributed by atoms with Crippen LogP contribution in [0, 0.1) is 0 Å². The molecule has 0 saturated heterocycles. The summed E-state index contributed by atoms with van der Waals surface area (Å²) in [7, 11) is 0. The van der Waals surface area contributed by atoms with Gasteiger partial charge >= 0.3 is 5.97 Å². The van der Waals surface area contributed by atoms with Gasteiger partial charge in [-0.05, 0) is 36.8 Å². The largest absolute Gasteiger partial charge is 0.481 e. The van der Waals surface area contributed by atoms with Gasteiger partial charge in [0.25, 0.3) is 5.56 Å². The highest BCUT2D eigenvalue weighted by atomic mass is 35.5. The molecule has 2 aromatic heterocycles. The minimum atomic E-state index is -0.888. The second-order valence-electron chi connectivity index (χ2n) is 5.79. The number of furan rings is 1. The van der Waals surface area contributed by atoms with E-state index in [-0.39, 0.29) is 12.0 Å². The van der Waals surface area contributed by atoms with Crippen LogP contribution < -0.4 is 14.8 Å². The summed E-state index contributed by atoms with van der Waals surface area (Å²) in [5, 5.41) is 9.62. The zero-order chi connectivity index (χ0) is 19.6. The molecular weight excluding hydrogens is 409 g/mol. The lowest BCUT2D eigenvalue weighted by Gasteiger charge is -1.99. The molecule has 3 aromatic rings. The molecule has 0 bridgehead atoms. The van der Waals surface area contributed by atoms with Crippen molar-refractivity contribution in [2.24, 2.45) is 0 Å². The number of carboxylic acids is 1. The second-order valence-corrected chi connectivity index (χ2v) is 7.72. The van der Waals surface area contributed by atoms with Crippen molar-refractivity contribution in [1.29, 1.82) is 0 Å². The maximum atomic E-state index is 12.5. The van der Waals surface area contributed by atoms with Gasteiger partial charge in [-0.2, -0.15) is 0 Å². The summed E-state index contributed by atoms with van der Waals surface area (Å²) in [4.78, 5) is 23.1. The molecule has 0 aliphatic heterocycles. The molecule has 3 rings (SSSR count). The molecule has 0 aliphatic carbocycles. The van der Waals surface area contributed by atoms with E-state index in [2.05, 4.69) is 6.58 Å². The quantitative estimate of drug-likeness (QED) is 0.657. The Morgan fingerprint density at radius 2 is 2.04 bits per heavy atom. The molecule has 0 fully saturated rings. The van der Waals surface area contributed by atoms with Gasteiger partial charge in [-0.25, -0.2) is 0 Å². The van der Waals surface area contributed by atoms with Crippen LogP contribution in [0.15, 0.2) is 39.5 Å². The van der Waals surface area contributed by atoms with Crippen molar-refractivity contribution in [2.75, 3.05) is 0 Å². The number of nitrogens with zero attached hydrogens (tertiary/aromatic N) is 1. The third-order valence-electron chi connectivity index (χ3n) is 3.86. The van der Waals surface area contributed by atoms with E-state index >= 15 is 0 Å². The fraction of sp³-hybridized carbons (Fsp3) is 0.158. The maximum Gasteiger partial charge on any atom is 0.303 e. The molecule has 0 unspecified atom stereocenters. The van der Waals surface area contributed by atoms with Crippen LogP contribution in [0.2, 0.25) is 10.0 Å². The number of hydrogen-bond donors (Lipinski definition) is 1. The first-order valence-corrected chi connectivity index (χ1v) is 9.60. The molecule has 8 heteroatoms. The number of hydrogen-bond acceptors (Lipinski definition) is 4. The third kappa shape index (κ3) is 4.53. The van der Waals surface area contributed by atoms with E-state index in [0.717, 1.165) is 5.56 Å². The van der Waals surface area contributed by atoms with E-state index in [1.807, 2.05) is 0 Å². The maximum absolute atomic E-state index is 12.5. The van der Waals surface area contributed by atoms with E-state index in [1.165, 1.54) is 15.9 Å². The molecule has 27 heavy (non-hydrogen) atoms. The number of aliphatic carboxylic acids is 1. The number of benzene rings is 1. The van der Waals surface area contributed by atoms with Crippen LogP contribution >= 0.6 is 34.5 Å². The highest BCUT2D eigenvalue weighted by Gasteiger charge is 2.08. The van der Waals surface area contributed by atoms with E-state index < -0.39 is 5.97 Å². The summed E-state index contributed by atoms with van der Waals surface area (Å²) in [6, 6.07) is 8.74. The lowest BCUT2D eigenvalue weighted by Crippen LogP contribution is -2.31. The monoisotopic (exact) mass is 423 g/mol. The van der Waals surface area contributed by atoms with E-state index in [9.17, 15) is 9.59 Å². The average molecular weight is 424 g/mol. The first kappa shape index (κ1) is 19.5. The predicted octanol–water partition coefficient (Wildman–Crippen LogP) is 3.58. The summed E-state index contributed by atoms with van der Waals surface area (Å²) in [5.41, 5.74) is 0.571. The van der Waals surface area contributed by atoms with Crippen LogP contribution in [0.3, 0.4) is 0 Å². The summed E-state index contributed by atoms with van der Waals surface area (Å²) in [6.07, 6.45) is 2.03. The van der Waals surface area contributed by atoms with Crippen molar-refractivity contribution in [2.45, 2.75) is 19.4 Å². The Hall–Kier alpha value is -2.28. The lowest BCUT2D eigenvalue weighted by atomic mass is 10.2. The third-order valence-corrected chi connectivity index (χ3v) is 5.57. The Morgan fingerprint density at radius 1 is 1.26 bits per heavy atom. The first-order valence-electron chi connectivity index (χ1n) is 8.02. The molecule has 0 amide bonds. The SMILES string of the molecule is C=c1s/c(=C\c2ccc(-c3ccc(Cl)c(Cl)c3)o2)c(=O)n1CCCC(=O)O. The van der Waals surface area contributed by atoms with Crippen molar-refractivity contribution in [3.8, 4) is 11.3 Å². The van der Waals surface area contributed by atoms with Crippen molar-refractivity contribution >= 4 is 53.2 Å². The van der Waals surface area contributed by atoms with Gasteiger partial charge in [-0.3, -0.25) is 14.2 Å². The minimum Gasteiger partial charge on any atom is -0.481 e. The number of aromatic nitrogens is 1. The van der Waals surface area contributed by atoms with Gasteiger partial charge in [0.15, 0.2) is 0 Å². The first-order chi connectivity index (χ1) is 12.8. The molecule has 0 spiro atoms. The zero-order valence-electron chi connectivity index (χ0n) is 14.1. The molecule has 1 aromatic carbocycles. The van der Waals surface area contributed by atoms with Crippen molar-refractivity contribution in [3.05, 3.63) is 65.7 Å². The number of carbonyl (C=O) groups is 1. The molecule has 0 radical (unpaired) electrons. The van der Waals surface area contributed by atoms with Crippen LogP contribution in [0.5, 0.6) is 0 Å². The van der Waals surface area contributed by atoms with Crippen LogP contribution in [0.4, 0.5) is 0 Å². The fourth-order valence-electron chi connectivity index (χ4n) is 2.54. The van der Waals surface area contributed by atoms with Crippen LogP contribution in [0.25, 0.3) is 24.0 Å². The normalized spacial score (nSPS) is 11.9. The molecule has 0 atom stereocenters. The van der Waals surface area contributed by atoms with E-state index in [4.69, 9.17) is 32.7 Å². The van der Waals surface area contributed by atoms with Crippen LogP contribution in [-0.2, 0) is 11.3 Å².